The van der Waals surface area contributed by atoms with E-state index < -0.39 is 5.91 Å². The summed E-state index contributed by atoms with van der Waals surface area (Å²) < 4.78 is 0.763. The zero-order valence-electron chi connectivity index (χ0n) is 13.3. The first-order valence-electron chi connectivity index (χ1n) is 8.09. The van der Waals surface area contributed by atoms with Crippen LogP contribution in [0.15, 0.2) is 29.4 Å². The Labute approximate surface area is 131 Å². The van der Waals surface area contributed by atoms with Crippen LogP contribution in [0.1, 0.15) is 64.7 Å². The van der Waals surface area contributed by atoms with Crippen LogP contribution in [0, 0.1) is 0 Å². The second-order valence-corrected chi connectivity index (χ2v) is 5.50. The van der Waals surface area contributed by atoms with Gasteiger partial charge in [0.2, 0.25) is 0 Å². The van der Waals surface area contributed by atoms with Gasteiger partial charge in [0, 0.05) is 12.6 Å². The van der Waals surface area contributed by atoms with Crippen LogP contribution in [0.4, 0.5) is 0 Å². The van der Waals surface area contributed by atoms with E-state index in [2.05, 4.69) is 11.9 Å². The molecule has 0 unspecified atom stereocenters. The average molecular weight is 306 g/mol. The summed E-state index contributed by atoms with van der Waals surface area (Å²) in [5.74, 6) is -0.593. The van der Waals surface area contributed by atoms with E-state index in [-0.39, 0.29) is 17.7 Å². The number of unbranched alkanes of at least 4 members (excludes halogenated alkanes) is 6. The number of hydrogen-bond acceptors (Lipinski definition) is 3. The molecule has 0 aliphatic carbocycles. The van der Waals surface area contributed by atoms with Gasteiger partial charge in [-0.2, -0.15) is 9.72 Å². The Morgan fingerprint density at radius 2 is 1.77 bits per heavy atom. The van der Waals surface area contributed by atoms with Crippen molar-refractivity contribution in [3.05, 3.63) is 29.9 Å². The van der Waals surface area contributed by atoms with Crippen molar-refractivity contribution in [1.82, 2.24) is 4.73 Å². The van der Waals surface area contributed by atoms with Crippen molar-refractivity contribution in [2.75, 3.05) is 0 Å². The van der Waals surface area contributed by atoms with Crippen molar-refractivity contribution in [3.8, 4) is 0 Å². The Balaban J connectivity index is 2.24. The molecular weight excluding hydrogens is 280 g/mol. The van der Waals surface area contributed by atoms with Crippen molar-refractivity contribution in [2.24, 2.45) is 4.99 Å². The highest BCUT2D eigenvalue weighted by Gasteiger charge is 2.08. The minimum Gasteiger partial charge on any atom is -0.427 e. The number of nitrogens with zero attached hydrogens (tertiary/aromatic N) is 2. The molecule has 1 N–H and O–H groups in total. The molecule has 5 heteroatoms. The fraction of sp³-hybridized carbons (Fsp3) is 0.588. The lowest BCUT2D eigenvalue weighted by Gasteiger charge is -2.01. The molecule has 1 aromatic rings. The van der Waals surface area contributed by atoms with Gasteiger partial charge in [-0.25, -0.2) is 0 Å². The number of Topliss-reactive ketones (excluding diaryl/α,β-unsaturated/α-hetero) is 1. The summed E-state index contributed by atoms with van der Waals surface area (Å²) in [6.45, 7) is 2.19. The van der Waals surface area contributed by atoms with Gasteiger partial charge in [0.25, 0.3) is 5.91 Å². The molecule has 0 spiro atoms. The second kappa shape index (κ2) is 10.8. The molecule has 0 saturated heterocycles. The highest BCUT2D eigenvalue weighted by atomic mass is 16.5. The highest BCUT2D eigenvalue weighted by Crippen LogP contribution is 2.09. The van der Waals surface area contributed by atoms with E-state index >= 15 is 0 Å². The van der Waals surface area contributed by atoms with Crippen molar-refractivity contribution in [2.45, 2.75) is 64.7 Å². The maximum absolute atomic E-state index is 11.7. The first-order valence-corrected chi connectivity index (χ1v) is 8.09. The molecule has 1 heterocycles. The third kappa shape index (κ3) is 7.76. The molecule has 0 radical (unpaired) electrons. The summed E-state index contributed by atoms with van der Waals surface area (Å²) in [5.41, 5.74) is 0.135. The molecule has 5 nitrogen and oxygen atoms in total. The molecule has 1 aromatic heterocycles. The third-order valence-electron chi connectivity index (χ3n) is 3.47. The molecule has 0 aliphatic rings. The van der Waals surface area contributed by atoms with Gasteiger partial charge in [-0.05, 0) is 18.6 Å². The lowest BCUT2D eigenvalue weighted by atomic mass is 10.1. The van der Waals surface area contributed by atoms with E-state index in [1.807, 2.05) is 0 Å². The molecule has 1 rings (SSSR count). The summed E-state index contributed by atoms with van der Waals surface area (Å²) in [5, 5.41) is 9.44. The van der Waals surface area contributed by atoms with Crippen LogP contribution >= 0.6 is 0 Å². The molecule has 0 atom stereocenters. The van der Waals surface area contributed by atoms with E-state index in [0.717, 1.165) is 24.0 Å². The molecule has 0 aliphatic heterocycles. The van der Waals surface area contributed by atoms with E-state index in [9.17, 15) is 14.8 Å². The molecule has 0 fully saturated rings. The standard InChI is InChI=1S/C17H26N2O3/c1-2-3-4-5-6-7-8-11-15(20)14-17(21)18-16-12-9-10-13-19(16)22/h9-10,12-13,22H,2-8,11,14H2,1H3. The van der Waals surface area contributed by atoms with E-state index in [0.29, 0.717) is 6.42 Å². The Morgan fingerprint density at radius 3 is 2.45 bits per heavy atom. The Bertz CT molecular complexity index is 535. The smallest absolute Gasteiger partial charge is 0.255 e. The van der Waals surface area contributed by atoms with Crippen LogP contribution in [0.5, 0.6) is 0 Å². The lowest BCUT2D eigenvalue weighted by Crippen LogP contribution is -2.20. The molecule has 122 valence electrons. The largest absolute Gasteiger partial charge is 0.427 e. The zero-order valence-corrected chi connectivity index (χ0v) is 13.3. The zero-order chi connectivity index (χ0) is 16.2. The van der Waals surface area contributed by atoms with Crippen LogP contribution in [0.25, 0.3) is 0 Å². The summed E-state index contributed by atoms with van der Waals surface area (Å²) in [7, 11) is 0. The number of pyridine rings is 1. The van der Waals surface area contributed by atoms with Gasteiger partial charge in [-0.3, -0.25) is 9.59 Å². The monoisotopic (exact) mass is 306 g/mol. The quantitative estimate of drug-likeness (QED) is 0.410. The maximum Gasteiger partial charge on any atom is 0.255 e. The van der Waals surface area contributed by atoms with Gasteiger partial charge < -0.3 is 5.21 Å². The predicted molar refractivity (Wildman–Crippen MR) is 84.4 cm³/mol. The number of ketones is 1. The van der Waals surface area contributed by atoms with Crippen molar-refractivity contribution in [1.29, 1.82) is 0 Å². The van der Waals surface area contributed by atoms with Gasteiger partial charge in [-0.1, -0.05) is 51.5 Å². The van der Waals surface area contributed by atoms with Crippen molar-refractivity contribution in [3.63, 3.8) is 0 Å². The number of aromatic nitrogens is 1. The number of rotatable bonds is 10. The second-order valence-electron chi connectivity index (χ2n) is 5.50. The minimum atomic E-state index is -0.512. The average Bonchev–Trinajstić information content (AvgIpc) is 2.48. The number of carbonyl (C=O) groups is 2. The Hall–Kier alpha value is -1.91. The van der Waals surface area contributed by atoms with Gasteiger partial charge in [0.05, 0.1) is 6.42 Å². The summed E-state index contributed by atoms with van der Waals surface area (Å²) in [6, 6.07) is 4.80. The normalized spacial score (nSPS) is 11.6. The molecular formula is C17H26N2O3. The van der Waals surface area contributed by atoms with E-state index in [1.54, 1.807) is 12.1 Å². The van der Waals surface area contributed by atoms with Gasteiger partial charge >= 0.3 is 0 Å². The van der Waals surface area contributed by atoms with Gasteiger partial charge in [-0.15, -0.1) is 0 Å². The fourth-order valence-corrected chi connectivity index (χ4v) is 2.22. The number of carbonyl (C=O) groups excluding carboxylic acids is 2. The topological polar surface area (TPSA) is 71.7 Å². The molecule has 0 bridgehead atoms. The van der Waals surface area contributed by atoms with Crippen LogP contribution < -0.4 is 5.49 Å². The highest BCUT2D eigenvalue weighted by molar-refractivity contribution is 5.98. The fourth-order valence-electron chi connectivity index (χ4n) is 2.22. The van der Waals surface area contributed by atoms with E-state index in [4.69, 9.17) is 0 Å². The molecule has 1 amide bonds. The summed E-state index contributed by atoms with van der Waals surface area (Å²) in [6.07, 6.45) is 9.65. The molecule has 0 aromatic carbocycles. The molecule has 0 saturated carbocycles. The minimum absolute atomic E-state index is 0.0808. The third-order valence-corrected chi connectivity index (χ3v) is 3.47. The van der Waals surface area contributed by atoms with Crippen LogP contribution in [-0.4, -0.2) is 21.6 Å². The predicted octanol–water partition coefficient (Wildman–Crippen LogP) is 3.25. The Morgan fingerprint density at radius 1 is 1.09 bits per heavy atom. The van der Waals surface area contributed by atoms with Crippen LogP contribution in [0.2, 0.25) is 0 Å². The summed E-state index contributed by atoms with van der Waals surface area (Å²) in [4.78, 5) is 27.1. The summed E-state index contributed by atoms with van der Waals surface area (Å²) >= 11 is 0. The maximum atomic E-state index is 11.7. The van der Waals surface area contributed by atoms with Crippen LogP contribution in [-0.2, 0) is 9.59 Å². The first kappa shape index (κ1) is 18.1. The number of hydrogen-bond donors (Lipinski definition) is 1. The van der Waals surface area contributed by atoms with Gasteiger partial charge in [0.15, 0.2) is 5.49 Å². The molecule has 22 heavy (non-hydrogen) atoms. The Kier molecular flexibility index (Phi) is 8.88. The van der Waals surface area contributed by atoms with Crippen LogP contribution in [0.3, 0.4) is 0 Å². The SMILES string of the molecule is CCCCCCCCCC(=O)CC(=O)N=c1ccccn1O. The van der Waals surface area contributed by atoms with Gasteiger partial charge in [0.1, 0.15) is 5.78 Å². The van der Waals surface area contributed by atoms with Crippen molar-refractivity contribution >= 4 is 11.7 Å². The van der Waals surface area contributed by atoms with Crippen molar-refractivity contribution < 1.29 is 14.8 Å². The van der Waals surface area contributed by atoms with E-state index in [1.165, 1.54) is 37.9 Å². The number of amides is 1. The lowest BCUT2D eigenvalue weighted by molar-refractivity contribution is -0.126. The first-order chi connectivity index (χ1) is 10.6.